The van der Waals surface area contributed by atoms with Crippen LogP contribution in [-0.4, -0.2) is 48.8 Å². The number of ether oxygens (including phenoxy) is 2. The Morgan fingerprint density at radius 3 is 2.75 bits per heavy atom. The number of methoxy groups -OCH3 is 1. The van der Waals surface area contributed by atoms with E-state index in [1.807, 2.05) is 13.8 Å². The third-order valence-corrected chi connectivity index (χ3v) is 3.08. The van der Waals surface area contributed by atoms with E-state index in [2.05, 4.69) is 16.6 Å². The molecular formula is C13H20N2O5. The lowest BCUT2D eigenvalue weighted by Gasteiger charge is -2.24. The predicted octanol–water partition coefficient (Wildman–Crippen LogP) is 1.29. The number of esters is 1. The maximum Gasteiger partial charge on any atom is 0.418 e. The van der Waals surface area contributed by atoms with Crippen molar-refractivity contribution in [3.8, 4) is 0 Å². The van der Waals surface area contributed by atoms with Gasteiger partial charge in [-0.1, -0.05) is 19.9 Å². The maximum atomic E-state index is 12.1. The molecule has 0 unspecified atom stereocenters. The number of carbonyl (C=O) groups excluding carboxylic acids is 3. The molecule has 0 radical (unpaired) electrons. The Balaban J connectivity index is 2.79. The van der Waals surface area contributed by atoms with Gasteiger partial charge in [0.05, 0.1) is 13.2 Å². The van der Waals surface area contributed by atoms with Crippen LogP contribution in [0.1, 0.15) is 20.3 Å². The van der Waals surface area contributed by atoms with Crippen molar-refractivity contribution in [3.05, 3.63) is 12.7 Å². The average molecular weight is 284 g/mol. The average Bonchev–Trinajstić information content (AvgIpc) is 2.79. The lowest BCUT2D eigenvalue weighted by Crippen LogP contribution is -2.52. The molecule has 0 aromatic heterocycles. The van der Waals surface area contributed by atoms with Crippen LogP contribution >= 0.6 is 0 Å². The molecule has 0 spiro atoms. The standard InChI is InChI=1S/C13H20N2O5/c1-5-6-9(11(16)19-4)14-12(17)15-10(8(2)3)7-20-13(15)18/h5,8-10H,1,6-7H2,2-4H3,(H,14,17)/t9-,10+/m0/s1. The predicted molar refractivity (Wildman–Crippen MR) is 71.0 cm³/mol. The number of hydrogen-bond donors (Lipinski definition) is 1. The zero-order chi connectivity index (χ0) is 15.3. The summed E-state index contributed by atoms with van der Waals surface area (Å²) < 4.78 is 9.47. The van der Waals surface area contributed by atoms with Crippen LogP contribution in [0.15, 0.2) is 12.7 Å². The third-order valence-electron chi connectivity index (χ3n) is 3.08. The molecule has 7 nitrogen and oxygen atoms in total. The van der Waals surface area contributed by atoms with Crippen molar-refractivity contribution in [2.24, 2.45) is 5.92 Å². The van der Waals surface area contributed by atoms with E-state index in [4.69, 9.17) is 4.74 Å². The fraction of sp³-hybridized carbons (Fsp3) is 0.615. The minimum Gasteiger partial charge on any atom is -0.467 e. The summed E-state index contributed by atoms with van der Waals surface area (Å²) in [6, 6.07) is -1.88. The first kappa shape index (κ1) is 16.0. The Hall–Kier alpha value is -2.05. The number of amides is 3. The van der Waals surface area contributed by atoms with Crippen LogP contribution in [0, 0.1) is 5.92 Å². The van der Waals surface area contributed by atoms with Gasteiger partial charge in [-0.2, -0.15) is 0 Å². The Morgan fingerprint density at radius 1 is 1.60 bits per heavy atom. The minimum absolute atomic E-state index is 0.0585. The number of carbonyl (C=O) groups is 3. The minimum atomic E-state index is -0.869. The van der Waals surface area contributed by atoms with Crippen LogP contribution < -0.4 is 5.32 Å². The maximum absolute atomic E-state index is 12.1. The normalized spacial score (nSPS) is 19.5. The number of cyclic esters (lactones) is 1. The summed E-state index contributed by atoms with van der Waals surface area (Å²) in [6.07, 6.45) is 1.00. The number of nitrogens with zero attached hydrogens (tertiary/aromatic N) is 1. The van der Waals surface area contributed by atoms with Crippen LogP contribution in [0.3, 0.4) is 0 Å². The van der Waals surface area contributed by atoms with E-state index >= 15 is 0 Å². The zero-order valence-corrected chi connectivity index (χ0v) is 11.9. The molecule has 1 N–H and O–H groups in total. The van der Waals surface area contributed by atoms with Crippen molar-refractivity contribution >= 4 is 18.1 Å². The Morgan fingerprint density at radius 2 is 2.25 bits per heavy atom. The lowest BCUT2D eigenvalue weighted by molar-refractivity contribution is -0.142. The van der Waals surface area contributed by atoms with Gasteiger partial charge >= 0.3 is 18.1 Å². The van der Waals surface area contributed by atoms with Crippen molar-refractivity contribution in [1.29, 1.82) is 0 Å². The van der Waals surface area contributed by atoms with Gasteiger partial charge in [-0.05, 0) is 12.3 Å². The van der Waals surface area contributed by atoms with E-state index in [1.165, 1.54) is 13.2 Å². The highest BCUT2D eigenvalue weighted by molar-refractivity contribution is 5.94. The van der Waals surface area contributed by atoms with Gasteiger partial charge in [0.15, 0.2) is 0 Å². The van der Waals surface area contributed by atoms with Gasteiger partial charge in [-0.25, -0.2) is 19.3 Å². The van der Waals surface area contributed by atoms with E-state index in [-0.39, 0.29) is 25.0 Å². The highest BCUT2D eigenvalue weighted by Crippen LogP contribution is 2.19. The van der Waals surface area contributed by atoms with Crippen LogP contribution in [0.25, 0.3) is 0 Å². The Bertz CT molecular complexity index is 408. The Labute approximate surface area is 117 Å². The summed E-state index contributed by atoms with van der Waals surface area (Å²) in [5, 5.41) is 2.47. The molecule has 0 aromatic rings. The number of urea groups is 1. The fourth-order valence-electron chi connectivity index (χ4n) is 1.90. The van der Waals surface area contributed by atoms with Crippen LogP contribution in [0.2, 0.25) is 0 Å². The summed E-state index contributed by atoms with van der Waals surface area (Å²) in [5.41, 5.74) is 0. The molecule has 7 heteroatoms. The molecule has 0 bridgehead atoms. The highest BCUT2D eigenvalue weighted by Gasteiger charge is 2.40. The van der Waals surface area contributed by atoms with Gasteiger partial charge in [0.25, 0.3) is 0 Å². The molecule has 0 aliphatic carbocycles. The summed E-state index contributed by atoms with van der Waals surface area (Å²) in [5.74, 6) is -0.532. The van der Waals surface area contributed by atoms with Gasteiger partial charge < -0.3 is 14.8 Å². The largest absolute Gasteiger partial charge is 0.467 e. The van der Waals surface area contributed by atoms with Crippen LogP contribution in [0.4, 0.5) is 9.59 Å². The molecule has 0 saturated carbocycles. The SMILES string of the molecule is C=CC[C@H](NC(=O)N1C(=O)OC[C@@H]1C(C)C)C(=O)OC. The molecule has 1 saturated heterocycles. The van der Waals surface area contributed by atoms with Gasteiger partial charge in [0.2, 0.25) is 0 Å². The molecule has 112 valence electrons. The molecule has 1 heterocycles. The molecular weight excluding hydrogens is 264 g/mol. The second-order valence-corrected chi connectivity index (χ2v) is 4.81. The molecule has 3 amide bonds. The van der Waals surface area contributed by atoms with E-state index in [1.54, 1.807) is 0 Å². The van der Waals surface area contributed by atoms with Crippen molar-refractivity contribution in [2.75, 3.05) is 13.7 Å². The third kappa shape index (κ3) is 3.49. The van der Waals surface area contributed by atoms with E-state index in [0.717, 1.165) is 4.90 Å². The van der Waals surface area contributed by atoms with Gasteiger partial charge in [0, 0.05) is 0 Å². The topological polar surface area (TPSA) is 84.9 Å². The second kappa shape index (κ2) is 6.93. The molecule has 0 aromatic carbocycles. The number of nitrogens with one attached hydrogen (secondary N) is 1. The van der Waals surface area contributed by atoms with Gasteiger partial charge in [0.1, 0.15) is 12.6 Å². The molecule has 1 fully saturated rings. The number of rotatable bonds is 5. The van der Waals surface area contributed by atoms with Crippen molar-refractivity contribution in [3.63, 3.8) is 0 Å². The van der Waals surface area contributed by atoms with Crippen molar-refractivity contribution in [1.82, 2.24) is 10.2 Å². The lowest BCUT2D eigenvalue weighted by atomic mass is 10.1. The van der Waals surface area contributed by atoms with Crippen molar-refractivity contribution < 1.29 is 23.9 Å². The van der Waals surface area contributed by atoms with E-state index in [0.29, 0.717) is 0 Å². The number of imide groups is 1. The molecule has 2 atom stereocenters. The van der Waals surface area contributed by atoms with Gasteiger partial charge in [-0.3, -0.25) is 0 Å². The smallest absolute Gasteiger partial charge is 0.418 e. The first-order chi connectivity index (χ1) is 9.42. The molecule has 1 rings (SSSR count). The highest BCUT2D eigenvalue weighted by atomic mass is 16.6. The second-order valence-electron chi connectivity index (χ2n) is 4.81. The first-order valence-electron chi connectivity index (χ1n) is 6.37. The molecule has 20 heavy (non-hydrogen) atoms. The summed E-state index contributed by atoms with van der Waals surface area (Å²) >= 11 is 0. The fourth-order valence-corrected chi connectivity index (χ4v) is 1.90. The van der Waals surface area contributed by atoms with E-state index < -0.39 is 24.1 Å². The molecule has 1 aliphatic rings. The summed E-state index contributed by atoms with van der Waals surface area (Å²) in [7, 11) is 1.23. The monoisotopic (exact) mass is 284 g/mol. The van der Waals surface area contributed by atoms with Crippen LogP contribution in [0.5, 0.6) is 0 Å². The molecule has 1 aliphatic heterocycles. The zero-order valence-electron chi connectivity index (χ0n) is 11.9. The van der Waals surface area contributed by atoms with Gasteiger partial charge in [-0.15, -0.1) is 6.58 Å². The van der Waals surface area contributed by atoms with Crippen LogP contribution in [-0.2, 0) is 14.3 Å². The summed E-state index contributed by atoms with van der Waals surface area (Å²) in [4.78, 5) is 36.3. The summed E-state index contributed by atoms with van der Waals surface area (Å²) in [6.45, 7) is 7.44. The Kier molecular flexibility index (Phi) is 5.54. The van der Waals surface area contributed by atoms with Crippen molar-refractivity contribution in [2.45, 2.75) is 32.4 Å². The van der Waals surface area contributed by atoms with E-state index in [9.17, 15) is 14.4 Å². The quantitative estimate of drug-likeness (QED) is 0.607. The number of hydrogen-bond acceptors (Lipinski definition) is 5. The first-order valence-corrected chi connectivity index (χ1v) is 6.37.